The van der Waals surface area contributed by atoms with Crippen molar-refractivity contribution in [2.75, 3.05) is 106 Å². The summed E-state index contributed by atoms with van der Waals surface area (Å²) in [4.78, 5) is 54.0. The Bertz CT molecular complexity index is 1310. The van der Waals surface area contributed by atoms with E-state index in [2.05, 4.69) is 14.1 Å². The Morgan fingerprint density at radius 1 is 0.441 bits per heavy atom. The standard InChI is InChI=1S/C31H58N2O4.C25H46N2O4/c1-5-26(2)30(34)36-23-10-8-6-7-9-11-24-37-31(35)27(3)25-33-21-17-29(18-22-33)14-12-13-28-15-19-32(4)20-16-28;1-3-20-30-24(28)9-4-5-10-25(29)31-21-19-27-17-13-23(14-18-27)8-6-7-22-11-15-26(2)16-12-22/h26-29H,5-25H2,1-4H3;22-23H,3-21H2,1-2H3/p+4. The van der Waals surface area contributed by atoms with Crippen LogP contribution in [0.5, 0.6) is 0 Å². The van der Waals surface area contributed by atoms with Crippen molar-refractivity contribution in [3.05, 3.63) is 0 Å². The summed E-state index contributed by atoms with van der Waals surface area (Å²) < 4.78 is 21.3. The molecule has 12 nitrogen and oxygen atoms in total. The van der Waals surface area contributed by atoms with E-state index in [1.807, 2.05) is 27.7 Å². The number of quaternary nitrogens is 4. The summed E-state index contributed by atoms with van der Waals surface area (Å²) in [6.45, 7) is 22.2. The molecule has 2 atom stereocenters. The van der Waals surface area contributed by atoms with E-state index in [0.717, 1.165) is 88.1 Å². The summed E-state index contributed by atoms with van der Waals surface area (Å²) in [5, 5.41) is 0. The van der Waals surface area contributed by atoms with Gasteiger partial charge in [-0.05, 0) is 120 Å². The summed E-state index contributed by atoms with van der Waals surface area (Å²) in [6.07, 6.45) is 29.8. The topological polar surface area (TPSA) is 123 Å². The summed E-state index contributed by atoms with van der Waals surface area (Å²) in [6, 6.07) is 0. The largest absolute Gasteiger partial charge is 0.466 e. The van der Waals surface area contributed by atoms with Crippen molar-refractivity contribution in [2.45, 2.75) is 195 Å². The molecule has 0 aromatic carbocycles. The van der Waals surface area contributed by atoms with Gasteiger partial charge in [0.2, 0.25) is 0 Å². The maximum Gasteiger partial charge on any atom is 0.314 e. The molecular weight excluding hydrogens is 857 g/mol. The zero-order chi connectivity index (χ0) is 49.2. The molecule has 0 aromatic heterocycles. The number of rotatable bonds is 32. The minimum Gasteiger partial charge on any atom is -0.466 e. The van der Waals surface area contributed by atoms with Crippen LogP contribution in [-0.4, -0.2) is 130 Å². The average Bonchev–Trinajstić information content (AvgIpc) is 3.34. The predicted molar refractivity (Wildman–Crippen MR) is 272 cm³/mol. The Morgan fingerprint density at radius 3 is 1.25 bits per heavy atom. The molecule has 0 bridgehead atoms. The molecular formula is C56H108N4O8+4. The van der Waals surface area contributed by atoms with Gasteiger partial charge in [0, 0.05) is 12.8 Å². The monoisotopic (exact) mass is 965 g/mol. The number of nitrogens with one attached hydrogen (secondary N) is 4. The van der Waals surface area contributed by atoms with Crippen molar-refractivity contribution in [1.29, 1.82) is 0 Å². The van der Waals surface area contributed by atoms with Crippen LogP contribution in [0, 0.1) is 35.5 Å². The van der Waals surface area contributed by atoms with Gasteiger partial charge in [-0.3, -0.25) is 19.2 Å². The molecule has 0 aliphatic carbocycles. The maximum absolute atomic E-state index is 12.4. The molecule has 4 fully saturated rings. The van der Waals surface area contributed by atoms with Crippen LogP contribution in [0.2, 0.25) is 0 Å². The van der Waals surface area contributed by atoms with Crippen molar-refractivity contribution >= 4 is 23.9 Å². The highest BCUT2D eigenvalue weighted by atomic mass is 16.5. The van der Waals surface area contributed by atoms with E-state index >= 15 is 0 Å². The third-order valence-electron chi connectivity index (χ3n) is 16.2. The fraction of sp³-hybridized carbons (Fsp3) is 0.929. The maximum atomic E-state index is 12.4. The third kappa shape index (κ3) is 28.5. The molecule has 4 heterocycles. The third-order valence-corrected chi connectivity index (χ3v) is 16.2. The van der Waals surface area contributed by atoms with Crippen LogP contribution in [-0.2, 0) is 38.1 Å². The summed E-state index contributed by atoms with van der Waals surface area (Å²) in [5.41, 5.74) is 0. The second-order valence-electron chi connectivity index (χ2n) is 22.3. The van der Waals surface area contributed by atoms with Gasteiger partial charge in [-0.25, -0.2) is 0 Å². The summed E-state index contributed by atoms with van der Waals surface area (Å²) in [7, 11) is 4.65. The van der Waals surface area contributed by atoms with Crippen molar-refractivity contribution < 1.29 is 57.7 Å². The van der Waals surface area contributed by atoms with Gasteiger partial charge in [0.15, 0.2) is 0 Å². The Kier molecular flexibility index (Phi) is 33.1. The Morgan fingerprint density at radius 2 is 0.824 bits per heavy atom. The quantitative estimate of drug-likeness (QED) is 0.0427. The lowest BCUT2D eigenvalue weighted by Crippen LogP contribution is -3.13. The smallest absolute Gasteiger partial charge is 0.314 e. The van der Waals surface area contributed by atoms with Crippen LogP contribution in [0.15, 0.2) is 0 Å². The van der Waals surface area contributed by atoms with E-state index in [9.17, 15) is 19.2 Å². The van der Waals surface area contributed by atoms with E-state index in [0.29, 0.717) is 52.1 Å². The Balaban J connectivity index is 0.000000366. The lowest BCUT2D eigenvalue weighted by Gasteiger charge is -2.31. The van der Waals surface area contributed by atoms with Gasteiger partial charge in [0.25, 0.3) is 0 Å². The van der Waals surface area contributed by atoms with Crippen LogP contribution in [0.3, 0.4) is 0 Å². The van der Waals surface area contributed by atoms with E-state index in [1.165, 1.54) is 142 Å². The fourth-order valence-corrected chi connectivity index (χ4v) is 10.9. The molecule has 68 heavy (non-hydrogen) atoms. The van der Waals surface area contributed by atoms with E-state index in [-0.39, 0.29) is 35.7 Å². The van der Waals surface area contributed by atoms with Gasteiger partial charge < -0.3 is 38.5 Å². The number of hydrogen-bond donors (Lipinski definition) is 4. The first-order chi connectivity index (χ1) is 32.9. The molecule has 0 saturated carbocycles. The van der Waals surface area contributed by atoms with Gasteiger partial charge in [-0.2, -0.15) is 0 Å². The fourth-order valence-electron chi connectivity index (χ4n) is 10.9. The van der Waals surface area contributed by atoms with Crippen LogP contribution < -0.4 is 19.6 Å². The number of ether oxygens (including phenoxy) is 4. The molecule has 4 aliphatic heterocycles. The molecule has 0 amide bonds. The van der Waals surface area contributed by atoms with Crippen molar-refractivity contribution in [3.8, 4) is 0 Å². The lowest BCUT2D eigenvalue weighted by atomic mass is 9.87. The lowest BCUT2D eigenvalue weighted by molar-refractivity contribution is -0.908. The number of piperidine rings is 4. The molecule has 12 heteroatoms. The van der Waals surface area contributed by atoms with Gasteiger partial charge in [-0.15, -0.1) is 0 Å². The molecule has 0 aromatic rings. The zero-order valence-electron chi connectivity index (χ0n) is 45.0. The summed E-state index contributed by atoms with van der Waals surface area (Å²) in [5.74, 6) is 3.41. The van der Waals surface area contributed by atoms with Gasteiger partial charge >= 0.3 is 23.9 Å². The molecule has 4 saturated heterocycles. The molecule has 396 valence electrons. The van der Waals surface area contributed by atoms with Gasteiger partial charge in [0.05, 0.1) is 98.7 Å². The minimum absolute atomic E-state index is 0.00347. The number of esters is 4. The van der Waals surface area contributed by atoms with E-state index in [1.54, 1.807) is 19.6 Å². The number of carbonyl (C=O) groups is 4. The molecule has 4 rings (SSSR count). The van der Waals surface area contributed by atoms with Crippen molar-refractivity contribution in [2.24, 2.45) is 35.5 Å². The molecule has 0 radical (unpaired) electrons. The minimum atomic E-state index is -0.162. The van der Waals surface area contributed by atoms with Crippen molar-refractivity contribution in [1.82, 2.24) is 0 Å². The first-order valence-electron chi connectivity index (χ1n) is 28.9. The molecule has 4 N–H and O–H groups in total. The second-order valence-corrected chi connectivity index (χ2v) is 22.3. The number of hydrogen-bond acceptors (Lipinski definition) is 8. The zero-order valence-corrected chi connectivity index (χ0v) is 45.0. The van der Waals surface area contributed by atoms with Crippen LogP contribution in [0.4, 0.5) is 0 Å². The van der Waals surface area contributed by atoms with E-state index in [4.69, 9.17) is 18.9 Å². The summed E-state index contributed by atoms with van der Waals surface area (Å²) >= 11 is 0. The first kappa shape index (κ1) is 60.0. The van der Waals surface area contributed by atoms with Crippen LogP contribution in [0.25, 0.3) is 0 Å². The average molecular weight is 965 g/mol. The van der Waals surface area contributed by atoms with Gasteiger partial charge in [-0.1, -0.05) is 85.0 Å². The van der Waals surface area contributed by atoms with Crippen LogP contribution >= 0.6 is 0 Å². The van der Waals surface area contributed by atoms with Crippen molar-refractivity contribution in [3.63, 3.8) is 0 Å². The molecule has 4 aliphatic rings. The highest BCUT2D eigenvalue weighted by molar-refractivity contribution is 5.72. The number of carbonyl (C=O) groups excluding carboxylic acids is 4. The van der Waals surface area contributed by atoms with Gasteiger partial charge in [0.1, 0.15) is 19.1 Å². The Hall–Kier alpha value is -2.28. The van der Waals surface area contributed by atoms with E-state index < -0.39 is 0 Å². The second kappa shape index (κ2) is 37.5. The molecule has 2 unspecified atom stereocenters. The SMILES string of the molecule is CCC(C)C(=O)OCCCCCCCCOC(=O)C(C)C[NH+]1CCC(CCCC2CC[NH+](C)CC2)CC1.CCCOC(=O)CCCCC(=O)OCC[NH+]1CCC(CCCC2CC[NH+](C)CC2)CC1. The Labute approximate surface area is 416 Å². The predicted octanol–water partition coefficient (Wildman–Crippen LogP) is 4.92. The number of unbranched alkanes of at least 4 members (excludes halogenated alkanes) is 6. The molecule has 0 spiro atoms. The number of likely N-dealkylation sites (tertiary alicyclic amines) is 4. The normalized spacial score (nSPS) is 26.1. The van der Waals surface area contributed by atoms with Crippen LogP contribution in [0.1, 0.15) is 195 Å². The highest BCUT2D eigenvalue weighted by Crippen LogP contribution is 2.24. The first-order valence-corrected chi connectivity index (χ1v) is 28.9. The highest BCUT2D eigenvalue weighted by Gasteiger charge is 2.28.